The Hall–Kier alpha value is -1.86. The number of benzene rings is 2. The number of hydrogen-bond acceptors (Lipinski definition) is 1. The van der Waals surface area contributed by atoms with Crippen LogP contribution in [0.2, 0.25) is 0 Å². The summed E-state index contributed by atoms with van der Waals surface area (Å²) in [5.41, 5.74) is 7.09. The van der Waals surface area contributed by atoms with Gasteiger partial charge in [-0.2, -0.15) is 0 Å². The first-order valence-corrected chi connectivity index (χ1v) is 7.77. The molecule has 108 valence electrons. The average Bonchev–Trinajstić information content (AvgIpc) is 2.85. The van der Waals surface area contributed by atoms with Crippen LogP contribution in [0.5, 0.6) is 0 Å². The molecule has 0 bridgehead atoms. The molecule has 1 aliphatic rings. The van der Waals surface area contributed by atoms with Crippen LogP contribution in [0.1, 0.15) is 43.0 Å². The summed E-state index contributed by atoms with van der Waals surface area (Å²) in [6.07, 6.45) is 4.04. The van der Waals surface area contributed by atoms with E-state index in [0.717, 1.165) is 12.8 Å². The smallest absolute Gasteiger partial charge is 0.0294 e. The van der Waals surface area contributed by atoms with Crippen LogP contribution < -0.4 is 5.32 Å². The van der Waals surface area contributed by atoms with Crippen molar-refractivity contribution >= 4 is 0 Å². The highest BCUT2D eigenvalue weighted by atomic mass is 14.9. The molecule has 1 heteroatoms. The zero-order valence-corrected chi connectivity index (χ0v) is 12.9. The molecule has 2 unspecified atom stereocenters. The number of nitrogens with one attached hydrogen (secondary N) is 1. The minimum Gasteiger partial charge on any atom is -0.307 e. The average molecular weight is 277 g/mol. The van der Waals surface area contributed by atoms with Gasteiger partial charge in [0.1, 0.15) is 0 Å². The van der Waals surface area contributed by atoms with Gasteiger partial charge in [-0.15, -0.1) is 6.58 Å². The van der Waals surface area contributed by atoms with Crippen LogP contribution in [0.3, 0.4) is 0 Å². The Bertz CT molecular complexity index is 657. The molecule has 0 spiro atoms. The largest absolute Gasteiger partial charge is 0.307 e. The van der Waals surface area contributed by atoms with Crippen molar-refractivity contribution in [1.82, 2.24) is 5.32 Å². The molecular weight excluding hydrogens is 254 g/mol. The van der Waals surface area contributed by atoms with Crippen LogP contribution in [0.25, 0.3) is 11.1 Å². The molecule has 21 heavy (non-hydrogen) atoms. The number of fused-ring (bicyclic) bond motifs is 3. The monoisotopic (exact) mass is 277 g/mol. The highest BCUT2D eigenvalue weighted by Gasteiger charge is 2.19. The van der Waals surface area contributed by atoms with Gasteiger partial charge in [0.15, 0.2) is 0 Å². The molecule has 1 N–H and O–H groups in total. The third-order valence-electron chi connectivity index (χ3n) is 4.37. The first-order valence-electron chi connectivity index (χ1n) is 7.77. The maximum Gasteiger partial charge on any atom is 0.0294 e. The maximum atomic E-state index is 3.81. The van der Waals surface area contributed by atoms with Crippen LogP contribution in [0, 0.1) is 0 Å². The number of rotatable bonds is 5. The molecule has 0 heterocycles. The highest BCUT2D eigenvalue weighted by Crippen LogP contribution is 2.37. The zero-order chi connectivity index (χ0) is 14.8. The van der Waals surface area contributed by atoms with Gasteiger partial charge in [-0.1, -0.05) is 48.5 Å². The lowest BCUT2D eigenvalue weighted by molar-refractivity contribution is 0.482. The summed E-state index contributed by atoms with van der Waals surface area (Å²) in [5, 5.41) is 3.64. The van der Waals surface area contributed by atoms with E-state index in [9.17, 15) is 0 Å². The van der Waals surface area contributed by atoms with Gasteiger partial charge in [0, 0.05) is 12.1 Å². The molecule has 3 rings (SSSR count). The van der Waals surface area contributed by atoms with Crippen LogP contribution >= 0.6 is 0 Å². The van der Waals surface area contributed by atoms with Gasteiger partial charge < -0.3 is 5.32 Å². The molecule has 0 radical (unpaired) electrons. The van der Waals surface area contributed by atoms with E-state index in [2.05, 4.69) is 68.2 Å². The predicted octanol–water partition coefficient (Wildman–Crippen LogP) is 4.87. The molecule has 2 aromatic rings. The molecule has 0 aliphatic heterocycles. The number of hydrogen-bond donors (Lipinski definition) is 1. The molecule has 1 nitrogen and oxygen atoms in total. The van der Waals surface area contributed by atoms with Gasteiger partial charge in [-0.3, -0.25) is 0 Å². The quantitative estimate of drug-likeness (QED) is 0.656. The maximum absolute atomic E-state index is 3.81. The summed E-state index contributed by atoms with van der Waals surface area (Å²) >= 11 is 0. The van der Waals surface area contributed by atoms with Gasteiger partial charge in [-0.05, 0) is 54.5 Å². The van der Waals surface area contributed by atoms with E-state index in [4.69, 9.17) is 0 Å². The fourth-order valence-corrected chi connectivity index (χ4v) is 3.28. The third kappa shape index (κ3) is 2.79. The molecule has 0 saturated carbocycles. The molecule has 2 aromatic carbocycles. The molecule has 2 atom stereocenters. The summed E-state index contributed by atoms with van der Waals surface area (Å²) in [7, 11) is 0. The highest BCUT2D eigenvalue weighted by molar-refractivity contribution is 5.76. The summed E-state index contributed by atoms with van der Waals surface area (Å²) in [6, 6.07) is 16.5. The minimum atomic E-state index is 0.369. The van der Waals surface area contributed by atoms with Gasteiger partial charge in [0.05, 0.1) is 0 Å². The second kappa shape index (κ2) is 5.87. The Morgan fingerprint density at radius 1 is 1.10 bits per heavy atom. The third-order valence-corrected chi connectivity index (χ3v) is 4.37. The molecule has 0 amide bonds. The Balaban J connectivity index is 1.82. The summed E-state index contributed by atoms with van der Waals surface area (Å²) < 4.78 is 0. The van der Waals surface area contributed by atoms with E-state index in [1.165, 1.54) is 27.8 Å². The van der Waals surface area contributed by atoms with Crippen molar-refractivity contribution in [3.8, 4) is 11.1 Å². The van der Waals surface area contributed by atoms with Crippen LogP contribution in [0.4, 0.5) is 0 Å². The van der Waals surface area contributed by atoms with Crippen molar-refractivity contribution in [3.63, 3.8) is 0 Å². The van der Waals surface area contributed by atoms with Crippen LogP contribution in [-0.4, -0.2) is 6.04 Å². The zero-order valence-electron chi connectivity index (χ0n) is 12.9. The van der Waals surface area contributed by atoms with E-state index in [1.54, 1.807) is 0 Å². The van der Waals surface area contributed by atoms with Gasteiger partial charge in [0.2, 0.25) is 0 Å². The summed E-state index contributed by atoms with van der Waals surface area (Å²) in [5.74, 6) is 0. The lowest BCUT2D eigenvalue weighted by atomic mass is 9.99. The van der Waals surface area contributed by atoms with Crippen molar-refractivity contribution in [1.29, 1.82) is 0 Å². The van der Waals surface area contributed by atoms with E-state index < -0.39 is 0 Å². The van der Waals surface area contributed by atoms with Crippen molar-refractivity contribution in [2.24, 2.45) is 0 Å². The van der Waals surface area contributed by atoms with Crippen LogP contribution in [-0.2, 0) is 6.42 Å². The normalized spacial score (nSPS) is 15.1. The van der Waals surface area contributed by atoms with Crippen molar-refractivity contribution < 1.29 is 0 Å². The second-order valence-corrected chi connectivity index (χ2v) is 6.06. The first kappa shape index (κ1) is 14.1. The van der Waals surface area contributed by atoms with Crippen molar-refractivity contribution in [2.75, 3.05) is 0 Å². The minimum absolute atomic E-state index is 0.369. The topological polar surface area (TPSA) is 12.0 Å². The van der Waals surface area contributed by atoms with E-state index in [-0.39, 0.29) is 0 Å². The molecule has 1 aliphatic carbocycles. The lowest BCUT2D eigenvalue weighted by Gasteiger charge is -2.20. The second-order valence-electron chi connectivity index (χ2n) is 6.06. The first-order chi connectivity index (χ1) is 10.2. The Morgan fingerprint density at radius 2 is 1.86 bits per heavy atom. The van der Waals surface area contributed by atoms with Crippen LogP contribution in [0.15, 0.2) is 55.1 Å². The molecular formula is C20H23N. The van der Waals surface area contributed by atoms with E-state index in [0.29, 0.717) is 12.1 Å². The van der Waals surface area contributed by atoms with Gasteiger partial charge in [0.25, 0.3) is 0 Å². The van der Waals surface area contributed by atoms with Gasteiger partial charge in [-0.25, -0.2) is 0 Å². The SMILES string of the molecule is C=CCC(C)NC(C)c1ccc2c(c1)Cc1ccccc1-2. The standard InChI is InChI=1S/C20H23N/c1-4-7-14(2)21-15(3)16-10-11-20-18(12-16)13-17-8-5-6-9-19(17)20/h4-6,8-12,14-15,21H,1,7,13H2,2-3H3. The fraction of sp³-hybridized carbons (Fsp3) is 0.300. The fourth-order valence-electron chi connectivity index (χ4n) is 3.28. The predicted molar refractivity (Wildman–Crippen MR) is 90.5 cm³/mol. The summed E-state index contributed by atoms with van der Waals surface area (Å²) in [4.78, 5) is 0. The Kier molecular flexibility index (Phi) is 3.94. The lowest BCUT2D eigenvalue weighted by Crippen LogP contribution is -2.28. The van der Waals surface area contributed by atoms with Gasteiger partial charge >= 0.3 is 0 Å². The Morgan fingerprint density at radius 3 is 2.67 bits per heavy atom. The van der Waals surface area contributed by atoms with E-state index in [1.807, 2.05) is 6.08 Å². The van der Waals surface area contributed by atoms with Crippen molar-refractivity contribution in [3.05, 3.63) is 71.8 Å². The summed E-state index contributed by atoms with van der Waals surface area (Å²) in [6.45, 7) is 8.26. The molecule has 0 saturated heterocycles. The van der Waals surface area contributed by atoms with E-state index >= 15 is 0 Å². The van der Waals surface area contributed by atoms with Crippen molar-refractivity contribution in [2.45, 2.75) is 38.8 Å². The molecule has 0 aromatic heterocycles. The molecule has 0 fully saturated rings. The Labute approximate surface area is 127 Å².